The maximum absolute atomic E-state index is 6.08. The Morgan fingerprint density at radius 3 is 1.56 bits per heavy atom. The van der Waals surface area contributed by atoms with E-state index in [1.54, 1.807) is 0 Å². The first kappa shape index (κ1) is 8.39. The molecule has 1 fully saturated rings. The summed E-state index contributed by atoms with van der Waals surface area (Å²) in [7, 11) is 16.1. The van der Waals surface area contributed by atoms with E-state index >= 15 is 0 Å². The van der Waals surface area contributed by atoms with E-state index in [-0.39, 0.29) is 0 Å². The van der Waals surface area contributed by atoms with Crippen molar-refractivity contribution in [3.63, 3.8) is 0 Å². The number of nitrogens with zero attached hydrogens (tertiary/aromatic N) is 2. The average molecular weight is 285 g/mol. The molecule has 0 radical (unpaired) electrons. The monoisotopic (exact) mass is 286 g/mol. The van der Waals surface area contributed by atoms with Crippen LogP contribution in [0.3, 0.4) is 0 Å². The zero-order valence-electron chi connectivity index (χ0n) is 5.47. The minimum atomic E-state index is -2.64. The van der Waals surface area contributed by atoms with Gasteiger partial charge in [0.15, 0.2) is 0 Å². The minimum absolute atomic E-state index is 1.02. The summed E-state index contributed by atoms with van der Waals surface area (Å²) in [6.07, 6.45) is 0. The predicted molar refractivity (Wildman–Crippen MR) is 42.7 cm³/mol. The van der Waals surface area contributed by atoms with Crippen LogP contribution in [0.5, 0.6) is 0 Å². The summed E-state index contributed by atoms with van der Waals surface area (Å²) in [6, 6.07) is 0. The Morgan fingerprint density at radius 1 is 1.11 bits per heavy atom. The van der Waals surface area contributed by atoms with E-state index in [0.717, 1.165) is 13.1 Å². The van der Waals surface area contributed by atoms with Crippen molar-refractivity contribution in [3.05, 3.63) is 0 Å². The standard InChI is InChI=1S/C4H10Cl2N2Te/c1-7-3-4-8(2)9(7,5)6/h3-4H2,1-2H3. The third-order valence-corrected chi connectivity index (χ3v) is 13.1. The van der Waals surface area contributed by atoms with Crippen LogP contribution in [0.25, 0.3) is 0 Å². The Hall–Kier alpha value is 1.29. The van der Waals surface area contributed by atoms with Gasteiger partial charge < -0.3 is 0 Å². The van der Waals surface area contributed by atoms with Crippen molar-refractivity contribution >= 4 is 34.4 Å². The molecule has 0 aromatic heterocycles. The first-order valence-corrected chi connectivity index (χ1v) is 10.7. The van der Waals surface area contributed by atoms with E-state index < -0.39 is 16.5 Å². The van der Waals surface area contributed by atoms with E-state index in [1.807, 2.05) is 14.1 Å². The molecule has 0 saturated carbocycles. The van der Waals surface area contributed by atoms with Crippen LogP contribution in [0.1, 0.15) is 0 Å². The Morgan fingerprint density at radius 2 is 1.44 bits per heavy atom. The second-order valence-corrected chi connectivity index (χ2v) is 14.9. The molecule has 0 aliphatic carbocycles. The molecule has 9 heavy (non-hydrogen) atoms. The number of halogens is 2. The third-order valence-electron chi connectivity index (χ3n) is 1.48. The molecule has 0 N–H and O–H groups in total. The molecule has 1 aliphatic rings. The Labute approximate surface area is 67.7 Å². The van der Waals surface area contributed by atoms with Crippen molar-refractivity contribution in [1.29, 1.82) is 0 Å². The first-order chi connectivity index (χ1) is 4.05. The molecule has 0 aromatic carbocycles. The van der Waals surface area contributed by atoms with Crippen LogP contribution in [-0.4, -0.2) is 50.0 Å². The number of hydrogen-bond acceptors (Lipinski definition) is 2. The molecule has 0 aromatic rings. The molecule has 0 amide bonds. The van der Waals surface area contributed by atoms with Crippen LogP contribution >= 0.6 is 17.9 Å². The summed E-state index contributed by atoms with van der Waals surface area (Å²) in [4.78, 5) is 0. The van der Waals surface area contributed by atoms with Gasteiger partial charge in [-0.1, -0.05) is 0 Å². The predicted octanol–water partition coefficient (Wildman–Crippen LogP) is 0.777. The molecule has 1 heterocycles. The Balaban J connectivity index is 2.66. The molecule has 0 spiro atoms. The molecule has 1 rings (SSSR count). The molecule has 1 saturated heterocycles. The van der Waals surface area contributed by atoms with Crippen molar-refractivity contribution < 1.29 is 0 Å². The van der Waals surface area contributed by atoms with E-state index in [1.165, 1.54) is 0 Å². The summed E-state index contributed by atoms with van der Waals surface area (Å²) in [5.41, 5.74) is 0. The van der Waals surface area contributed by atoms with Gasteiger partial charge in [0.25, 0.3) is 0 Å². The van der Waals surface area contributed by atoms with Crippen molar-refractivity contribution in [2.75, 3.05) is 27.2 Å². The number of hydrogen-bond donors (Lipinski definition) is 0. The summed E-state index contributed by atoms with van der Waals surface area (Å²) in [6.45, 7) is 2.04. The van der Waals surface area contributed by atoms with Crippen LogP contribution in [-0.2, 0) is 0 Å². The van der Waals surface area contributed by atoms with E-state index in [4.69, 9.17) is 17.9 Å². The summed E-state index contributed by atoms with van der Waals surface area (Å²) < 4.78 is 4.18. The van der Waals surface area contributed by atoms with Gasteiger partial charge in [-0.05, 0) is 0 Å². The summed E-state index contributed by atoms with van der Waals surface area (Å²) in [5, 5.41) is 0. The van der Waals surface area contributed by atoms with Gasteiger partial charge >= 0.3 is 67.9 Å². The van der Waals surface area contributed by atoms with Gasteiger partial charge in [0.05, 0.1) is 0 Å². The van der Waals surface area contributed by atoms with Crippen LogP contribution in [0, 0.1) is 0 Å². The molecule has 1 aliphatic heterocycles. The van der Waals surface area contributed by atoms with Gasteiger partial charge in [-0.25, -0.2) is 0 Å². The first-order valence-electron chi connectivity index (χ1n) is 2.70. The van der Waals surface area contributed by atoms with Gasteiger partial charge in [0, 0.05) is 0 Å². The van der Waals surface area contributed by atoms with Crippen molar-refractivity contribution in [1.82, 2.24) is 6.30 Å². The molecule has 0 atom stereocenters. The fourth-order valence-electron chi connectivity index (χ4n) is 0.739. The quantitative estimate of drug-likeness (QED) is 0.607. The van der Waals surface area contributed by atoms with Gasteiger partial charge in [-0.2, -0.15) is 0 Å². The van der Waals surface area contributed by atoms with Crippen LogP contribution in [0.15, 0.2) is 0 Å². The second-order valence-electron chi connectivity index (χ2n) is 2.12. The maximum atomic E-state index is 6.08. The normalized spacial score (nSPS) is 32.9. The summed E-state index contributed by atoms with van der Waals surface area (Å²) >= 11 is -2.64. The third kappa shape index (κ3) is 1.48. The van der Waals surface area contributed by atoms with Crippen molar-refractivity contribution in [2.24, 2.45) is 0 Å². The fourth-order valence-corrected chi connectivity index (χ4v) is 5.67. The van der Waals surface area contributed by atoms with Crippen LogP contribution < -0.4 is 0 Å². The molecule has 5 heteroatoms. The SMILES string of the molecule is CN1CCN(C)[Te]1(Cl)Cl. The molecular weight excluding hydrogens is 275 g/mol. The molecule has 0 unspecified atom stereocenters. The molecular formula is C4H10Cl2N2Te. The van der Waals surface area contributed by atoms with Gasteiger partial charge in [-0.3, -0.25) is 0 Å². The zero-order chi connectivity index (χ0) is 7.07. The topological polar surface area (TPSA) is 6.48 Å². The van der Waals surface area contributed by atoms with Gasteiger partial charge in [0.2, 0.25) is 0 Å². The van der Waals surface area contributed by atoms with Crippen molar-refractivity contribution in [3.8, 4) is 0 Å². The fraction of sp³-hybridized carbons (Fsp3) is 1.00. The Kier molecular flexibility index (Phi) is 2.54. The van der Waals surface area contributed by atoms with E-state index in [0.29, 0.717) is 0 Å². The van der Waals surface area contributed by atoms with Crippen LogP contribution in [0.2, 0.25) is 0 Å². The van der Waals surface area contributed by atoms with Crippen LogP contribution in [0.4, 0.5) is 0 Å². The second kappa shape index (κ2) is 2.73. The number of likely N-dealkylation sites (N-methyl/N-ethyl adjacent to an activating group) is 2. The van der Waals surface area contributed by atoms with E-state index in [9.17, 15) is 0 Å². The Bertz CT molecular complexity index is 107. The summed E-state index contributed by atoms with van der Waals surface area (Å²) in [5.74, 6) is 0. The number of rotatable bonds is 0. The molecule has 0 bridgehead atoms. The molecule has 2 nitrogen and oxygen atoms in total. The molecule has 56 valence electrons. The van der Waals surface area contributed by atoms with Crippen molar-refractivity contribution in [2.45, 2.75) is 0 Å². The average Bonchev–Trinajstić information content (AvgIpc) is 1.96. The zero-order valence-corrected chi connectivity index (χ0v) is 9.32. The van der Waals surface area contributed by atoms with Gasteiger partial charge in [-0.15, -0.1) is 0 Å². The van der Waals surface area contributed by atoms with E-state index in [2.05, 4.69) is 6.30 Å². The van der Waals surface area contributed by atoms with Gasteiger partial charge in [0.1, 0.15) is 0 Å².